The Kier molecular flexibility index (Phi) is 6.06. The minimum atomic E-state index is -3.57. The summed E-state index contributed by atoms with van der Waals surface area (Å²) in [6.07, 6.45) is 5.13. The number of pyridine rings is 2. The van der Waals surface area contributed by atoms with Crippen molar-refractivity contribution in [3.05, 3.63) is 59.8 Å². The third-order valence-electron chi connectivity index (χ3n) is 5.59. The predicted molar refractivity (Wildman–Crippen MR) is 120 cm³/mol. The molecule has 1 aliphatic rings. The molecule has 164 valence electrons. The fourth-order valence-corrected chi connectivity index (χ4v) is 5.63. The summed E-state index contributed by atoms with van der Waals surface area (Å²) in [5, 5.41) is 7.56. The molecule has 0 amide bonds. The van der Waals surface area contributed by atoms with Gasteiger partial charge in [0.25, 0.3) is 0 Å². The summed E-state index contributed by atoms with van der Waals surface area (Å²) in [6, 6.07) is 9.75. The first-order chi connectivity index (χ1) is 14.9. The molecule has 1 atom stereocenters. The number of hydrogen-bond acceptors (Lipinski definition) is 6. The molecule has 8 nitrogen and oxygen atoms in total. The molecule has 4 heterocycles. The van der Waals surface area contributed by atoms with Gasteiger partial charge in [-0.25, -0.2) is 13.4 Å². The second-order valence-corrected chi connectivity index (χ2v) is 9.80. The zero-order valence-electron chi connectivity index (χ0n) is 18.1. The van der Waals surface area contributed by atoms with E-state index in [2.05, 4.69) is 20.4 Å². The van der Waals surface area contributed by atoms with Gasteiger partial charge in [0, 0.05) is 43.1 Å². The van der Waals surface area contributed by atoms with Crippen LogP contribution in [0.1, 0.15) is 42.8 Å². The quantitative estimate of drug-likeness (QED) is 0.629. The van der Waals surface area contributed by atoms with Crippen molar-refractivity contribution >= 4 is 21.5 Å². The van der Waals surface area contributed by atoms with E-state index in [-0.39, 0.29) is 5.92 Å². The minimum absolute atomic E-state index is 0.0659. The van der Waals surface area contributed by atoms with Gasteiger partial charge in [0.15, 0.2) is 0 Å². The van der Waals surface area contributed by atoms with Crippen molar-refractivity contribution in [1.29, 1.82) is 0 Å². The van der Waals surface area contributed by atoms with E-state index in [1.807, 2.05) is 44.2 Å². The Morgan fingerprint density at radius 1 is 1.19 bits per heavy atom. The lowest BCUT2D eigenvalue weighted by Gasteiger charge is -2.31. The molecule has 0 spiro atoms. The number of anilines is 2. The summed E-state index contributed by atoms with van der Waals surface area (Å²) in [6.45, 7) is 7.23. The van der Waals surface area contributed by atoms with E-state index in [0.717, 1.165) is 35.7 Å². The molecule has 4 rings (SSSR count). The fourth-order valence-electron chi connectivity index (χ4n) is 3.94. The van der Waals surface area contributed by atoms with Crippen molar-refractivity contribution in [3.8, 4) is 0 Å². The normalized spacial score (nSPS) is 17.6. The molecule has 31 heavy (non-hydrogen) atoms. The predicted octanol–water partition coefficient (Wildman–Crippen LogP) is 3.62. The van der Waals surface area contributed by atoms with Crippen molar-refractivity contribution in [2.24, 2.45) is 0 Å². The molecule has 1 fully saturated rings. The van der Waals surface area contributed by atoms with E-state index >= 15 is 0 Å². The van der Waals surface area contributed by atoms with Crippen molar-refractivity contribution in [2.45, 2.75) is 51.0 Å². The van der Waals surface area contributed by atoms with Crippen LogP contribution in [0.25, 0.3) is 0 Å². The Hall–Kier alpha value is -2.78. The van der Waals surface area contributed by atoms with Gasteiger partial charge < -0.3 is 5.32 Å². The van der Waals surface area contributed by atoms with E-state index in [4.69, 9.17) is 0 Å². The molecular formula is C22H28N6O2S. The zero-order chi connectivity index (χ0) is 22.0. The molecule has 1 aliphatic heterocycles. The van der Waals surface area contributed by atoms with Crippen LogP contribution in [0.4, 0.5) is 11.5 Å². The van der Waals surface area contributed by atoms with Crippen molar-refractivity contribution < 1.29 is 8.42 Å². The van der Waals surface area contributed by atoms with Crippen LogP contribution >= 0.6 is 0 Å². The number of aromatic nitrogens is 4. The van der Waals surface area contributed by atoms with Crippen LogP contribution in [0.15, 0.2) is 47.6 Å². The molecule has 1 unspecified atom stereocenters. The highest BCUT2D eigenvalue weighted by Crippen LogP contribution is 2.30. The Morgan fingerprint density at radius 2 is 2.03 bits per heavy atom. The molecule has 1 N–H and O–H groups in total. The van der Waals surface area contributed by atoms with Gasteiger partial charge >= 0.3 is 0 Å². The maximum absolute atomic E-state index is 13.2. The highest BCUT2D eigenvalue weighted by Gasteiger charge is 2.33. The number of sulfonamides is 1. The van der Waals surface area contributed by atoms with Crippen molar-refractivity contribution in [2.75, 3.05) is 18.4 Å². The molecular weight excluding hydrogens is 412 g/mol. The Morgan fingerprint density at radius 3 is 2.71 bits per heavy atom. The number of hydrogen-bond donors (Lipinski definition) is 1. The molecule has 3 aromatic heterocycles. The zero-order valence-corrected chi connectivity index (χ0v) is 18.9. The summed E-state index contributed by atoms with van der Waals surface area (Å²) in [5.41, 5.74) is 3.24. The van der Waals surface area contributed by atoms with Gasteiger partial charge in [-0.15, -0.1) is 0 Å². The second-order valence-electron chi connectivity index (χ2n) is 7.90. The lowest BCUT2D eigenvalue weighted by Crippen LogP contribution is -2.39. The fraction of sp³-hybridized carbons (Fsp3) is 0.409. The Labute approximate surface area is 183 Å². The monoisotopic (exact) mass is 440 g/mol. The third-order valence-corrected chi connectivity index (χ3v) is 7.56. The lowest BCUT2D eigenvalue weighted by molar-refractivity contribution is 0.312. The first-order valence-corrected chi connectivity index (χ1v) is 12.0. The Balaban J connectivity index is 1.48. The van der Waals surface area contributed by atoms with Crippen LogP contribution in [-0.4, -0.2) is 45.6 Å². The van der Waals surface area contributed by atoms with E-state index < -0.39 is 10.0 Å². The van der Waals surface area contributed by atoms with Crippen LogP contribution in [0.3, 0.4) is 0 Å². The number of aryl methyl sites for hydroxylation is 3. The Bertz CT molecular complexity index is 1160. The first kappa shape index (κ1) is 21.5. The van der Waals surface area contributed by atoms with Crippen molar-refractivity contribution in [1.82, 2.24) is 24.1 Å². The largest absolute Gasteiger partial charge is 0.339 e. The van der Waals surface area contributed by atoms with Crippen LogP contribution in [0, 0.1) is 13.8 Å². The summed E-state index contributed by atoms with van der Waals surface area (Å²) in [7, 11) is -3.57. The summed E-state index contributed by atoms with van der Waals surface area (Å²) in [5.74, 6) is 0.837. The smallest absolute Gasteiger partial charge is 0.246 e. The lowest BCUT2D eigenvalue weighted by atomic mass is 9.95. The summed E-state index contributed by atoms with van der Waals surface area (Å²) < 4.78 is 29.7. The second kappa shape index (κ2) is 8.76. The number of nitrogens with one attached hydrogen (secondary N) is 1. The minimum Gasteiger partial charge on any atom is -0.339 e. The van der Waals surface area contributed by atoms with E-state index in [9.17, 15) is 8.42 Å². The third kappa shape index (κ3) is 4.62. The maximum Gasteiger partial charge on any atom is 0.246 e. The molecule has 3 aromatic rings. The van der Waals surface area contributed by atoms with Gasteiger partial charge in [0.2, 0.25) is 10.0 Å². The van der Waals surface area contributed by atoms with Crippen molar-refractivity contribution in [3.63, 3.8) is 0 Å². The maximum atomic E-state index is 13.2. The van der Waals surface area contributed by atoms with Gasteiger partial charge in [0.05, 0.1) is 17.6 Å². The van der Waals surface area contributed by atoms with Gasteiger partial charge in [-0.2, -0.15) is 9.40 Å². The molecule has 0 aromatic carbocycles. The van der Waals surface area contributed by atoms with Gasteiger partial charge in [-0.05, 0) is 57.9 Å². The first-order valence-electron chi connectivity index (χ1n) is 10.6. The topological polar surface area (TPSA) is 93.0 Å². The van der Waals surface area contributed by atoms with Gasteiger partial charge in [0.1, 0.15) is 10.7 Å². The molecule has 9 heteroatoms. The summed E-state index contributed by atoms with van der Waals surface area (Å²) >= 11 is 0. The average Bonchev–Trinajstić information content (AvgIpc) is 3.16. The van der Waals surface area contributed by atoms with Crippen LogP contribution < -0.4 is 5.32 Å². The SMILES string of the molecule is CCn1cc(S(=O)(=O)N2CCCC(c3ccc(Nc4cccc(C)n4)cn3)C2)c(C)n1. The van der Waals surface area contributed by atoms with Gasteiger partial charge in [-0.3, -0.25) is 9.67 Å². The van der Waals surface area contributed by atoms with E-state index in [1.165, 1.54) is 0 Å². The van der Waals surface area contributed by atoms with Gasteiger partial charge in [-0.1, -0.05) is 6.07 Å². The van der Waals surface area contributed by atoms with Crippen LogP contribution in [0.5, 0.6) is 0 Å². The van der Waals surface area contributed by atoms with Crippen LogP contribution in [0.2, 0.25) is 0 Å². The molecule has 0 aliphatic carbocycles. The van der Waals surface area contributed by atoms with E-state index in [1.54, 1.807) is 28.3 Å². The molecule has 0 bridgehead atoms. The number of piperidine rings is 1. The number of rotatable bonds is 6. The highest BCUT2D eigenvalue weighted by molar-refractivity contribution is 7.89. The summed E-state index contributed by atoms with van der Waals surface area (Å²) in [4.78, 5) is 9.36. The number of nitrogens with zero attached hydrogens (tertiary/aromatic N) is 5. The van der Waals surface area contributed by atoms with Crippen LogP contribution in [-0.2, 0) is 16.6 Å². The molecule has 1 saturated heterocycles. The van der Waals surface area contributed by atoms with E-state index in [0.29, 0.717) is 30.2 Å². The standard InChI is InChI=1S/C22H28N6O2S/c1-4-27-15-21(17(3)26-27)31(29,30)28-12-6-8-18(14-28)20-11-10-19(13-23-20)25-22-9-5-7-16(2)24-22/h5,7,9-11,13,15,18H,4,6,8,12,14H2,1-3H3,(H,24,25). The highest BCUT2D eigenvalue weighted by atomic mass is 32.2. The average molecular weight is 441 g/mol. The molecule has 0 saturated carbocycles. The molecule has 0 radical (unpaired) electrons.